The lowest BCUT2D eigenvalue weighted by atomic mass is 9.90. The summed E-state index contributed by atoms with van der Waals surface area (Å²) in [6.07, 6.45) is 0. The molecule has 0 aliphatic carbocycles. The van der Waals surface area contributed by atoms with Crippen LogP contribution in [0.5, 0.6) is 0 Å². The van der Waals surface area contributed by atoms with Gasteiger partial charge < -0.3 is 5.32 Å². The Hall–Kier alpha value is -2.28. The van der Waals surface area contributed by atoms with Crippen LogP contribution in [0.1, 0.15) is 17.0 Å². The standard InChI is InChI=1S/C17H12Cl2N2O/c18-16(19)14(11-20)21-17(22)15(12-7-3-1-4-8-12)13-9-5-2-6-10-13/h1-10,15H,(H,21,22). The van der Waals surface area contributed by atoms with Gasteiger partial charge in [0.1, 0.15) is 10.6 Å². The number of nitrogens with zero attached hydrogens (tertiary/aromatic N) is 1. The number of nitrogens with one attached hydrogen (secondary N) is 1. The van der Waals surface area contributed by atoms with Gasteiger partial charge in [0.05, 0.1) is 5.92 Å². The summed E-state index contributed by atoms with van der Waals surface area (Å²) in [5.74, 6) is -0.925. The molecule has 2 aromatic rings. The minimum Gasteiger partial charge on any atom is -0.314 e. The number of halogens is 2. The van der Waals surface area contributed by atoms with Crippen molar-refractivity contribution >= 4 is 29.1 Å². The number of nitriles is 1. The van der Waals surface area contributed by atoms with Gasteiger partial charge in [0.15, 0.2) is 5.70 Å². The molecule has 110 valence electrons. The first-order valence-corrected chi connectivity index (χ1v) is 7.25. The smallest absolute Gasteiger partial charge is 0.236 e. The highest BCUT2D eigenvalue weighted by Gasteiger charge is 2.23. The Balaban J connectivity index is 2.40. The fourth-order valence-corrected chi connectivity index (χ4v) is 2.28. The maximum absolute atomic E-state index is 12.6. The molecule has 0 unspecified atom stereocenters. The highest BCUT2D eigenvalue weighted by atomic mass is 35.5. The molecule has 0 radical (unpaired) electrons. The Morgan fingerprint density at radius 3 is 1.77 bits per heavy atom. The van der Waals surface area contributed by atoms with Crippen LogP contribution in [-0.4, -0.2) is 5.91 Å². The molecule has 2 rings (SSSR count). The van der Waals surface area contributed by atoms with E-state index in [9.17, 15) is 4.79 Å². The van der Waals surface area contributed by atoms with Gasteiger partial charge in [0.2, 0.25) is 5.91 Å². The van der Waals surface area contributed by atoms with Crippen molar-refractivity contribution in [1.29, 1.82) is 5.26 Å². The topological polar surface area (TPSA) is 52.9 Å². The Morgan fingerprint density at radius 2 is 1.41 bits per heavy atom. The molecule has 0 saturated carbocycles. The highest BCUT2D eigenvalue weighted by molar-refractivity contribution is 6.56. The van der Waals surface area contributed by atoms with Gasteiger partial charge in [-0.1, -0.05) is 83.9 Å². The highest BCUT2D eigenvalue weighted by Crippen LogP contribution is 2.25. The summed E-state index contributed by atoms with van der Waals surface area (Å²) in [7, 11) is 0. The number of carbonyl (C=O) groups excluding carboxylic acids is 1. The molecule has 0 heterocycles. The number of carbonyl (C=O) groups is 1. The largest absolute Gasteiger partial charge is 0.314 e. The SMILES string of the molecule is N#CC(NC(=O)C(c1ccccc1)c1ccccc1)=C(Cl)Cl. The quantitative estimate of drug-likeness (QED) is 0.858. The first-order valence-electron chi connectivity index (χ1n) is 6.49. The van der Waals surface area contributed by atoms with E-state index in [1.54, 1.807) is 6.07 Å². The van der Waals surface area contributed by atoms with E-state index < -0.39 is 5.92 Å². The summed E-state index contributed by atoms with van der Waals surface area (Å²) in [4.78, 5) is 12.6. The van der Waals surface area contributed by atoms with Crippen molar-refractivity contribution in [3.63, 3.8) is 0 Å². The number of hydrogen-bond acceptors (Lipinski definition) is 2. The molecule has 0 spiro atoms. The van der Waals surface area contributed by atoms with Crippen LogP contribution in [0.3, 0.4) is 0 Å². The molecular weight excluding hydrogens is 319 g/mol. The summed E-state index contributed by atoms with van der Waals surface area (Å²) in [5, 5.41) is 11.5. The molecule has 5 heteroatoms. The number of hydrogen-bond donors (Lipinski definition) is 1. The van der Waals surface area contributed by atoms with Crippen LogP contribution in [0.15, 0.2) is 70.9 Å². The van der Waals surface area contributed by atoms with Gasteiger partial charge in [-0.05, 0) is 11.1 Å². The lowest BCUT2D eigenvalue weighted by Crippen LogP contribution is -2.29. The van der Waals surface area contributed by atoms with E-state index in [4.69, 9.17) is 28.5 Å². The zero-order valence-corrected chi connectivity index (χ0v) is 13.0. The van der Waals surface area contributed by atoms with Crippen molar-refractivity contribution in [2.24, 2.45) is 0 Å². The maximum atomic E-state index is 12.6. The van der Waals surface area contributed by atoms with E-state index in [-0.39, 0.29) is 16.1 Å². The monoisotopic (exact) mass is 330 g/mol. The molecule has 0 aromatic heterocycles. The second kappa shape index (κ2) is 7.65. The van der Waals surface area contributed by atoms with E-state index in [1.807, 2.05) is 60.7 Å². The molecule has 1 N–H and O–H groups in total. The van der Waals surface area contributed by atoms with E-state index in [2.05, 4.69) is 5.32 Å². The third kappa shape index (κ3) is 3.88. The van der Waals surface area contributed by atoms with E-state index >= 15 is 0 Å². The molecule has 0 aliphatic heterocycles. The second-order valence-electron chi connectivity index (χ2n) is 4.49. The average molecular weight is 331 g/mol. The Bertz CT molecular complexity index is 678. The van der Waals surface area contributed by atoms with Crippen LogP contribution in [0.2, 0.25) is 0 Å². The number of rotatable bonds is 4. The first kappa shape index (κ1) is 16.1. The van der Waals surface area contributed by atoms with Crippen molar-refractivity contribution < 1.29 is 4.79 Å². The molecule has 3 nitrogen and oxygen atoms in total. The summed E-state index contributed by atoms with van der Waals surface area (Å²) in [6.45, 7) is 0. The van der Waals surface area contributed by atoms with Gasteiger partial charge in [-0.15, -0.1) is 0 Å². The van der Waals surface area contributed by atoms with Crippen molar-refractivity contribution in [2.45, 2.75) is 5.92 Å². The minimum atomic E-state index is -0.557. The van der Waals surface area contributed by atoms with Gasteiger partial charge in [-0.3, -0.25) is 4.79 Å². The van der Waals surface area contributed by atoms with Gasteiger partial charge in [0.25, 0.3) is 0 Å². The van der Waals surface area contributed by atoms with Crippen LogP contribution >= 0.6 is 23.2 Å². The molecule has 0 aliphatic rings. The van der Waals surface area contributed by atoms with Gasteiger partial charge in [0, 0.05) is 0 Å². The van der Waals surface area contributed by atoms with Gasteiger partial charge >= 0.3 is 0 Å². The minimum absolute atomic E-state index is 0.162. The van der Waals surface area contributed by atoms with Crippen LogP contribution in [-0.2, 0) is 4.79 Å². The fraction of sp³-hybridized carbons (Fsp3) is 0.0588. The molecular formula is C17H12Cl2N2O. The first-order chi connectivity index (χ1) is 10.6. The molecule has 0 fully saturated rings. The lowest BCUT2D eigenvalue weighted by Gasteiger charge is -2.17. The molecule has 0 atom stereocenters. The summed E-state index contributed by atoms with van der Waals surface area (Å²) < 4.78 is -0.268. The zero-order valence-electron chi connectivity index (χ0n) is 11.5. The normalized spacial score (nSPS) is 9.91. The third-order valence-electron chi connectivity index (χ3n) is 3.08. The van der Waals surface area contributed by atoms with Crippen LogP contribution in [0, 0.1) is 11.3 Å². The lowest BCUT2D eigenvalue weighted by molar-refractivity contribution is -0.120. The molecule has 1 amide bonds. The van der Waals surface area contributed by atoms with Crippen LogP contribution < -0.4 is 5.32 Å². The van der Waals surface area contributed by atoms with Gasteiger partial charge in [-0.25, -0.2) is 0 Å². The predicted octanol–water partition coefficient (Wildman–Crippen LogP) is 4.10. The second-order valence-corrected chi connectivity index (χ2v) is 5.44. The Labute approximate surface area is 138 Å². The molecule has 0 saturated heterocycles. The number of amides is 1. The van der Waals surface area contributed by atoms with E-state index in [1.165, 1.54) is 0 Å². The van der Waals surface area contributed by atoms with E-state index in [0.717, 1.165) is 11.1 Å². The summed E-state index contributed by atoms with van der Waals surface area (Å²) >= 11 is 11.2. The van der Waals surface area contributed by atoms with Gasteiger partial charge in [-0.2, -0.15) is 5.26 Å². The summed E-state index contributed by atoms with van der Waals surface area (Å²) in [6, 6.07) is 20.4. The van der Waals surface area contributed by atoms with Crippen molar-refractivity contribution in [3.8, 4) is 6.07 Å². The molecule has 2 aromatic carbocycles. The van der Waals surface area contributed by atoms with Crippen molar-refractivity contribution in [1.82, 2.24) is 5.32 Å². The van der Waals surface area contributed by atoms with E-state index in [0.29, 0.717) is 0 Å². The number of benzene rings is 2. The Morgan fingerprint density at radius 1 is 0.955 bits per heavy atom. The number of allylic oxidation sites excluding steroid dienone is 1. The molecule has 22 heavy (non-hydrogen) atoms. The summed E-state index contributed by atoms with van der Waals surface area (Å²) in [5.41, 5.74) is 1.47. The maximum Gasteiger partial charge on any atom is 0.236 e. The Kier molecular flexibility index (Phi) is 5.60. The van der Waals surface area contributed by atoms with Crippen molar-refractivity contribution in [2.75, 3.05) is 0 Å². The third-order valence-corrected chi connectivity index (χ3v) is 3.45. The average Bonchev–Trinajstić information content (AvgIpc) is 2.54. The van der Waals surface area contributed by atoms with Crippen LogP contribution in [0.25, 0.3) is 0 Å². The van der Waals surface area contributed by atoms with Crippen LogP contribution in [0.4, 0.5) is 0 Å². The molecule has 0 bridgehead atoms. The predicted molar refractivity (Wildman–Crippen MR) is 87.2 cm³/mol. The fourth-order valence-electron chi connectivity index (χ4n) is 2.10. The van der Waals surface area contributed by atoms with Crippen molar-refractivity contribution in [3.05, 3.63) is 82.0 Å². The zero-order chi connectivity index (χ0) is 15.9.